The van der Waals surface area contributed by atoms with Crippen molar-refractivity contribution in [1.29, 1.82) is 0 Å². The lowest BCUT2D eigenvalue weighted by molar-refractivity contribution is -0.119. The molecular weight excluding hydrogens is 374 g/mol. The molecule has 0 radical (unpaired) electrons. The molecule has 6 nitrogen and oxygen atoms in total. The SMILES string of the molecule is CCN(CC)CCOc1ccccc1CNC(=O)c1ccc(CNC(C)=O)s1. The van der Waals surface area contributed by atoms with E-state index >= 15 is 0 Å². The van der Waals surface area contributed by atoms with Crippen molar-refractivity contribution in [2.45, 2.75) is 33.9 Å². The van der Waals surface area contributed by atoms with Gasteiger partial charge < -0.3 is 20.3 Å². The molecule has 1 heterocycles. The molecule has 2 amide bonds. The van der Waals surface area contributed by atoms with Crippen molar-refractivity contribution in [3.05, 3.63) is 51.7 Å². The molecule has 7 heteroatoms. The van der Waals surface area contributed by atoms with Gasteiger partial charge >= 0.3 is 0 Å². The number of hydrogen-bond donors (Lipinski definition) is 2. The molecule has 2 rings (SSSR count). The van der Waals surface area contributed by atoms with Crippen molar-refractivity contribution in [2.24, 2.45) is 0 Å². The van der Waals surface area contributed by atoms with Gasteiger partial charge in [-0.05, 0) is 31.3 Å². The van der Waals surface area contributed by atoms with E-state index in [0.717, 1.165) is 35.8 Å². The molecule has 0 bridgehead atoms. The van der Waals surface area contributed by atoms with E-state index in [4.69, 9.17) is 4.74 Å². The lowest BCUT2D eigenvalue weighted by Gasteiger charge is -2.19. The van der Waals surface area contributed by atoms with Crippen LogP contribution in [0.4, 0.5) is 0 Å². The first-order chi connectivity index (χ1) is 13.5. The van der Waals surface area contributed by atoms with Gasteiger partial charge in [-0.15, -0.1) is 11.3 Å². The number of carbonyl (C=O) groups excluding carboxylic acids is 2. The number of carbonyl (C=O) groups is 2. The highest BCUT2D eigenvalue weighted by Crippen LogP contribution is 2.19. The van der Waals surface area contributed by atoms with Crippen molar-refractivity contribution in [2.75, 3.05) is 26.2 Å². The van der Waals surface area contributed by atoms with Crippen molar-refractivity contribution >= 4 is 23.2 Å². The summed E-state index contributed by atoms with van der Waals surface area (Å²) in [7, 11) is 0. The van der Waals surface area contributed by atoms with E-state index in [2.05, 4.69) is 29.4 Å². The van der Waals surface area contributed by atoms with Crippen LogP contribution in [-0.2, 0) is 17.9 Å². The fourth-order valence-electron chi connectivity index (χ4n) is 2.68. The number of benzene rings is 1. The molecule has 1 aromatic carbocycles. The lowest BCUT2D eigenvalue weighted by atomic mass is 10.2. The van der Waals surface area contributed by atoms with Gasteiger partial charge in [-0.1, -0.05) is 32.0 Å². The summed E-state index contributed by atoms with van der Waals surface area (Å²) in [4.78, 5) is 27.3. The third-order valence-electron chi connectivity index (χ3n) is 4.37. The molecule has 0 aliphatic heterocycles. The maximum absolute atomic E-state index is 12.4. The van der Waals surface area contributed by atoms with Gasteiger partial charge in [0.2, 0.25) is 5.91 Å². The highest BCUT2D eigenvalue weighted by atomic mass is 32.1. The Balaban J connectivity index is 1.88. The number of nitrogens with one attached hydrogen (secondary N) is 2. The Hall–Kier alpha value is -2.38. The normalized spacial score (nSPS) is 10.7. The Labute approximate surface area is 170 Å². The number of likely N-dealkylation sites (N-methyl/N-ethyl adjacent to an activating group) is 1. The molecule has 0 fully saturated rings. The van der Waals surface area contributed by atoms with Gasteiger partial charge in [0.15, 0.2) is 0 Å². The van der Waals surface area contributed by atoms with Crippen LogP contribution in [0.1, 0.15) is 40.9 Å². The number of amides is 2. The second-order valence-electron chi connectivity index (χ2n) is 6.34. The summed E-state index contributed by atoms with van der Waals surface area (Å²) in [5.74, 6) is 0.585. The summed E-state index contributed by atoms with van der Waals surface area (Å²) < 4.78 is 5.94. The maximum atomic E-state index is 12.4. The standard InChI is InChI=1S/C21H29N3O3S/c1-4-24(5-2)12-13-27-19-9-7-6-8-17(19)14-23-21(26)20-11-10-18(28-20)15-22-16(3)25/h6-11H,4-5,12-15H2,1-3H3,(H,22,25)(H,23,26). The summed E-state index contributed by atoms with van der Waals surface area (Å²) >= 11 is 1.38. The zero-order valence-corrected chi connectivity index (χ0v) is 17.6. The Morgan fingerprint density at radius 3 is 2.50 bits per heavy atom. The van der Waals surface area contributed by atoms with E-state index in [0.29, 0.717) is 24.6 Å². The number of ether oxygens (including phenoxy) is 1. The fraction of sp³-hybridized carbons (Fsp3) is 0.429. The Kier molecular flexibility index (Phi) is 8.97. The second kappa shape index (κ2) is 11.5. The zero-order chi connectivity index (χ0) is 20.4. The van der Waals surface area contributed by atoms with Crippen LogP contribution < -0.4 is 15.4 Å². The van der Waals surface area contributed by atoms with Gasteiger partial charge in [-0.25, -0.2) is 0 Å². The summed E-state index contributed by atoms with van der Waals surface area (Å²) in [6.07, 6.45) is 0. The van der Waals surface area contributed by atoms with Crippen molar-refractivity contribution in [1.82, 2.24) is 15.5 Å². The van der Waals surface area contributed by atoms with Gasteiger partial charge in [-0.3, -0.25) is 9.59 Å². The monoisotopic (exact) mass is 403 g/mol. The van der Waals surface area contributed by atoms with Crippen LogP contribution in [0.3, 0.4) is 0 Å². The molecular formula is C21H29N3O3S. The third kappa shape index (κ3) is 6.98. The molecule has 2 aromatic rings. The second-order valence-corrected chi connectivity index (χ2v) is 7.51. The predicted molar refractivity (Wildman–Crippen MR) is 113 cm³/mol. The van der Waals surface area contributed by atoms with E-state index < -0.39 is 0 Å². The number of thiophene rings is 1. The first-order valence-electron chi connectivity index (χ1n) is 9.57. The number of para-hydroxylation sites is 1. The Morgan fingerprint density at radius 1 is 1.04 bits per heavy atom. The Morgan fingerprint density at radius 2 is 1.79 bits per heavy atom. The van der Waals surface area contributed by atoms with Gasteiger partial charge in [0.1, 0.15) is 12.4 Å². The minimum atomic E-state index is -0.128. The molecule has 0 unspecified atom stereocenters. The minimum Gasteiger partial charge on any atom is -0.492 e. The lowest BCUT2D eigenvalue weighted by Crippen LogP contribution is -2.28. The van der Waals surface area contributed by atoms with Crippen LogP contribution >= 0.6 is 11.3 Å². The molecule has 1 aromatic heterocycles. The predicted octanol–water partition coefficient (Wildman–Crippen LogP) is 3.03. The fourth-order valence-corrected chi connectivity index (χ4v) is 3.55. The molecule has 0 atom stereocenters. The smallest absolute Gasteiger partial charge is 0.261 e. The van der Waals surface area contributed by atoms with E-state index in [1.165, 1.54) is 18.3 Å². The molecule has 28 heavy (non-hydrogen) atoms. The van der Waals surface area contributed by atoms with Gasteiger partial charge in [-0.2, -0.15) is 0 Å². The van der Waals surface area contributed by atoms with Crippen molar-refractivity contribution in [3.8, 4) is 5.75 Å². The number of rotatable bonds is 11. The average molecular weight is 404 g/mol. The van der Waals surface area contributed by atoms with E-state index in [-0.39, 0.29) is 11.8 Å². The number of hydrogen-bond acceptors (Lipinski definition) is 5. The van der Waals surface area contributed by atoms with Gasteiger partial charge in [0.05, 0.1) is 11.4 Å². The number of nitrogens with zero attached hydrogens (tertiary/aromatic N) is 1. The molecule has 0 saturated carbocycles. The van der Waals surface area contributed by atoms with Crippen LogP contribution in [0.5, 0.6) is 5.75 Å². The first kappa shape index (κ1) is 21.9. The maximum Gasteiger partial charge on any atom is 0.261 e. The highest BCUT2D eigenvalue weighted by Gasteiger charge is 2.11. The summed E-state index contributed by atoms with van der Waals surface area (Å²) in [5, 5.41) is 5.68. The summed E-state index contributed by atoms with van der Waals surface area (Å²) in [6, 6.07) is 11.4. The molecule has 2 N–H and O–H groups in total. The van der Waals surface area contributed by atoms with Crippen LogP contribution in [0.2, 0.25) is 0 Å². The minimum absolute atomic E-state index is 0.0861. The van der Waals surface area contributed by atoms with Crippen LogP contribution in [0, 0.1) is 0 Å². The van der Waals surface area contributed by atoms with E-state index in [1.807, 2.05) is 30.3 Å². The van der Waals surface area contributed by atoms with Crippen LogP contribution in [0.15, 0.2) is 36.4 Å². The van der Waals surface area contributed by atoms with Gasteiger partial charge in [0.25, 0.3) is 5.91 Å². The molecule has 0 aliphatic carbocycles. The molecule has 152 valence electrons. The van der Waals surface area contributed by atoms with Crippen LogP contribution in [-0.4, -0.2) is 43.0 Å². The Bertz CT molecular complexity index is 772. The van der Waals surface area contributed by atoms with Crippen molar-refractivity contribution in [3.63, 3.8) is 0 Å². The highest BCUT2D eigenvalue weighted by molar-refractivity contribution is 7.14. The quantitative estimate of drug-likeness (QED) is 0.605. The average Bonchev–Trinajstić information content (AvgIpc) is 3.18. The van der Waals surface area contributed by atoms with E-state index in [1.54, 1.807) is 6.07 Å². The van der Waals surface area contributed by atoms with E-state index in [9.17, 15) is 9.59 Å². The first-order valence-corrected chi connectivity index (χ1v) is 10.4. The van der Waals surface area contributed by atoms with Crippen molar-refractivity contribution < 1.29 is 14.3 Å². The third-order valence-corrected chi connectivity index (χ3v) is 5.45. The summed E-state index contributed by atoms with van der Waals surface area (Å²) in [6.45, 7) is 10.1. The summed E-state index contributed by atoms with van der Waals surface area (Å²) in [5.41, 5.74) is 0.949. The molecule has 0 saturated heterocycles. The zero-order valence-electron chi connectivity index (χ0n) is 16.8. The topological polar surface area (TPSA) is 70.7 Å². The largest absolute Gasteiger partial charge is 0.492 e. The molecule has 0 spiro atoms. The molecule has 0 aliphatic rings. The van der Waals surface area contributed by atoms with Gasteiger partial charge in [0, 0.05) is 30.5 Å². The van der Waals surface area contributed by atoms with Crippen LogP contribution in [0.25, 0.3) is 0 Å².